The third kappa shape index (κ3) is 3.71. The molecule has 1 aliphatic heterocycles. The number of hydrogen-bond acceptors (Lipinski definition) is 2. The Balaban J connectivity index is 1.54. The minimum atomic E-state index is -0.346. The lowest BCUT2D eigenvalue weighted by Crippen LogP contribution is -2.51. The summed E-state index contributed by atoms with van der Waals surface area (Å²) in [5.41, 5.74) is 1.20. The van der Waals surface area contributed by atoms with Gasteiger partial charge in [0.05, 0.1) is 0 Å². The number of anilines is 1. The summed E-state index contributed by atoms with van der Waals surface area (Å²) >= 11 is 0. The molecule has 2 aromatic carbocycles. The molecular formula is C18H18FN3O2. The van der Waals surface area contributed by atoms with Crippen molar-refractivity contribution in [1.29, 1.82) is 0 Å². The fourth-order valence-electron chi connectivity index (χ4n) is 2.61. The van der Waals surface area contributed by atoms with Crippen LogP contribution in [0.15, 0.2) is 54.6 Å². The van der Waals surface area contributed by atoms with Crippen molar-refractivity contribution in [3.63, 3.8) is 0 Å². The first kappa shape index (κ1) is 16.0. The van der Waals surface area contributed by atoms with Gasteiger partial charge < -0.3 is 15.1 Å². The zero-order valence-electron chi connectivity index (χ0n) is 13.1. The Morgan fingerprint density at radius 3 is 2.04 bits per heavy atom. The molecule has 1 saturated heterocycles. The largest absolute Gasteiger partial charge is 0.335 e. The number of hydrogen-bond donors (Lipinski definition) is 1. The van der Waals surface area contributed by atoms with Crippen LogP contribution in [-0.2, 0) is 0 Å². The van der Waals surface area contributed by atoms with E-state index in [2.05, 4.69) is 5.32 Å². The van der Waals surface area contributed by atoms with Crippen molar-refractivity contribution in [1.82, 2.24) is 9.80 Å². The fraction of sp³-hybridized carbons (Fsp3) is 0.222. The van der Waals surface area contributed by atoms with Crippen LogP contribution in [0.3, 0.4) is 0 Å². The van der Waals surface area contributed by atoms with Crippen LogP contribution in [-0.4, -0.2) is 47.9 Å². The molecule has 3 amide bonds. The van der Waals surface area contributed by atoms with Crippen LogP contribution in [0.4, 0.5) is 14.9 Å². The molecule has 1 N–H and O–H groups in total. The third-order valence-corrected chi connectivity index (χ3v) is 3.97. The van der Waals surface area contributed by atoms with Crippen molar-refractivity contribution < 1.29 is 14.0 Å². The molecule has 1 aliphatic rings. The number of carbonyl (C=O) groups excluding carboxylic acids is 2. The van der Waals surface area contributed by atoms with Crippen LogP contribution in [0.2, 0.25) is 0 Å². The smallest absolute Gasteiger partial charge is 0.321 e. The van der Waals surface area contributed by atoms with E-state index in [9.17, 15) is 14.0 Å². The van der Waals surface area contributed by atoms with Gasteiger partial charge in [0.15, 0.2) is 0 Å². The van der Waals surface area contributed by atoms with Gasteiger partial charge in [0.2, 0.25) is 0 Å². The monoisotopic (exact) mass is 327 g/mol. The molecule has 0 aromatic heterocycles. The highest BCUT2D eigenvalue weighted by Gasteiger charge is 2.24. The number of piperazine rings is 1. The maximum absolute atomic E-state index is 12.9. The molecule has 0 saturated carbocycles. The maximum Gasteiger partial charge on any atom is 0.321 e. The van der Waals surface area contributed by atoms with Gasteiger partial charge in [0.1, 0.15) is 5.82 Å². The summed E-state index contributed by atoms with van der Waals surface area (Å²) in [6.07, 6.45) is 0. The van der Waals surface area contributed by atoms with Crippen LogP contribution in [0, 0.1) is 5.82 Å². The van der Waals surface area contributed by atoms with Crippen LogP contribution in [0.25, 0.3) is 0 Å². The van der Waals surface area contributed by atoms with Gasteiger partial charge in [-0.3, -0.25) is 4.79 Å². The van der Waals surface area contributed by atoms with Crippen molar-refractivity contribution in [3.05, 3.63) is 66.0 Å². The lowest BCUT2D eigenvalue weighted by atomic mass is 10.2. The zero-order valence-corrected chi connectivity index (χ0v) is 13.1. The van der Waals surface area contributed by atoms with E-state index in [-0.39, 0.29) is 17.8 Å². The van der Waals surface area contributed by atoms with Crippen molar-refractivity contribution in [2.24, 2.45) is 0 Å². The summed E-state index contributed by atoms with van der Waals surface area (Å²) in [5, 5.41) is 2.73. The molecular weight excluding hydrogens is 309 g/mol. The second kappa shape index (κ2) is 7.12. The quantitative estimate of drug-likeness (QED) is 0.922. The number of rotatable bonds is 2. The van der Waals surface area contributed by atoms with Crippen molar-refractivity contribution >= 4 is 17.6 Å². The lowest BCUT2D eigenvalue weighted by Gasteiger charge is -2.34. The number of benzene rings is 2. The molecule has 1 heterocycles. The number of halogens is 1. The normalized spacial score (nSPS) is 14.4. The average Bonchev–Trinajstić information content (AvgIpc) is 2.64. The summed E-state index contributed by atoms with van der Waals surface area (Å²) in [6.45, 7) is 1.91. The average molecular weight is 327 g/mol. The highest BCUT2D eigenvalue weighted by atomic mass is 19.1. The van der Waals surface area contributed by atoms with Gasteiger partial charge in [-0.25, -0.2) is 9.18 Å². The van der Waals surface area contributed by atoms with E-state index in [0.29, 0.717) is 37.4 Å². The van der Waals surface area contributed by atoms with Crippen LogP contribution < -0.4 is 5.32 Å². The number of carbonyl (C=O) groups is 2. The first-order valence-electron chi connectivity index (χ1n) is 7.79. The van der Waals surface area contributed by atoms with Gasteiger partial charge >= 0.3 is 6.03 Å². The summed E-state index contributed by atoms with van der Waals surface area (Å²) in [7, 11) is 0. The molecule has 3 rings (SSSR count). The Hall–Kier alpha value is -2.89. The topological polar surface area (TPSA) is 52.7 Å². The third-order valence-electron chi connectivity index (χ3n) is 3.97. The first-order valence-corrected chi connectivity index (χ1v) is 7.79. The molecule has 5 nitrogen and oxygen atoms in total. The molecule has 0 spiro atoms. The number of nitrogens with zero attached hydrogens (tertiary/aromatic N) is 2. The predicted octanol–water partition coefficient (Wildman–Crippen LogP) is 2.82. The van der Waals surface area contributed by atoms with Crippen molar-refractivity contribution in [2.75, 3.05) is 31.5 Å². The molecule has 0 aliphatic carbocycles. The van der Waals surface area contributed by atoms with Gasteiger partial charge in [0, 0.05) is 37.4 Å². The Kier molecular flexibility index (Phi) is 4.74. The van der Waals surface area contributed by atoms with Gasteiger partial charge in [-0.1, -0.05) is 18.2 Å². The van der Waals surface area contributed by atoms with Crippen LogP contribution in [0.1, 0.15) is 10.4 Å². The standard InChI is InChI=1S/C18H18FN3O2/c19-15-6-8-16(9-7-15)20-18(24)22-12-10-21(11-13-22)17(23)14-4-2-1-3-5-14/h1-9H,10-13H2,(H,20,24). The minimum Gasteiger partial charge on any atom is -0.335 e. The second-order valence-corrected chi connectivity index (χ2v) is 5.58. The van der Waals surface area contributed by atoms with E-state index in [1.54, 1.807) is 21.9 Å². The highest BCUT2D eigenvalue weighted by molar-refractivity contribution is 5.94. The van der Waals surface area contributed by atoms with Crippen LogP contribution >= 0.6 is 0 Å². The summed E-state index contributed by atoms with van der Waals surface area (Å²) < 4.78 is 12.9. The summed E-state index contributed by atoms with van der Waals surface area (Å²) in [4.78, 5) is 28.0. The molecule has 0 bridgehead atoms. The van der Waals surface area contributed by atoms with Gasteiger partial charge in [0.25, 0.3) is 5.91 Å². The van der Waals surface area contributed by atoms with E-state index in [0.717, 1.165) is 0 Å². The predicted molar refractivity (Wildman–Crippen MR) is 89.3 cm³/mol. The SMILES string of the molecule is O=C(Nc1ccc(F)cc1)N1CCN(C(=O)c2ccccc2)CC1. The minimum absolute atomic E-state index is 0.0193. The van der Waals surface area contributed by atoms with Gasteiger partial charge in [-0.15, -0.1) is 0 Å². The summed E-state index contributed by atoms with van der Waals surface area (Å²) in [6, 6.07) is 14.5. The molecule has 2 aromatic rings. The maximum atomic E-state index is 12.9. The van der Waals surface area contributed by atoms with E-state index in [1.807, 2.05) is 18.2 Å². The molecule has 6 heteroatoms. The summed E-state index contributed by atoms with van der Waals surface area (Å²) in [5.74, 6) is -0.366. The van der Waals surface area contributed by atoms with Gasteiger partial charge in [-0.05, 0) is 36.4 Å². The fourth-order valence-corrected chi connectivity index (χ4v) is 2.61. The van der Waals surface area contributed by atoms with Gasteiger partial charge in [-0.2, -0.15) is 0 Å². The van der Waals surface area contributed by atoms with Crippen molar-refractivity contribution in [2.45, 2.75) is 0 Å². The molecule has 24 heavy (non-hydrogen) atoms. The van der Waals surface area contributed by atoms with Crippen LogP contribution in [0.5, 0.6) is 0 Å². The molecule has 1 fully saturated rings. The Morgan fingerprint density at radius 1 is 0.833 bits per heavy atom. The molecule has 124 valence electrons. The van der Waals surface area contributed by atoms with E-state index in [1.165, 1.54) is 24.3 Å². The molecule has 0 atom stereocenters. The Morgan fingerprint density at radius 2 is 1.42 bits per heavy atom. The van der Waals surface area contributed by atoms with E-state index < -0.39 is 0 Å². The van der Waals surface area contributed by atoms with E-state index >= 15 is 0 Å². The number of nitrogens with one attached hydrogen (secondary N) is 1. The highest BCUT2D eigenvalue weighted by Crippen LogP contribution is 2.12. The zero-order chi connectivity index (χ0) is 16.9. The number of urea groups is 1. The van der Waals surface area contributed by atoms with Crippen molar-refractivity contribution in [3.8, 4) is 0 Å². The second-order valence-electron chi connectivity index (χ2n) is 5.58. The van der Waals surface area contributed by atoms with E-state index in [4.69, 9.17) is 0 Å². The lowest BCUT2D eigenvalue weighted by molar-refractivity contribution is 0.0671. The molecule has 0 radical (unpaired) electrons. The Labute approximate surface area is 139 Å². The number of amides is 3. The Bertz CT molecular complexity index is 711. The first-order chi connectivity index (χ1) is 11.6. The molecule has 0 unspecified atom stereocenters.